The molecule has 26 heavy (non-hydrogen) atoms. The fourth-order valence-electron chi connectivity index (χ4n) is 4.97. The Morgan fingerprint density at radius 3 is 1.65 bits per heavy atom. The van der Waals surface area contributed by atoms with Gasteiger partial charge in [0.05, 0.1) is 5.60 Å². The van der Waals surface area contributed by atoms with Crippen molar-refractivity contribution >= 4 is 8.32 Å². The lowest BCUT2D eigenvalue weighted by molar-refractivity contribution is 0.0627. The molecular weight excluding hydrogens is 332 g/mol. The highest BCUT2D eigenvalue weighted by Gasteiger charge is 2.46. The van der Waals surface area contributed by atoms with Gasteiger partial charge in [-0.25, -0.2) is 0 Å². The van der Waals surface area contributed by atoms with Crippen molar-refractivity contribution in [1.82, 2.24) is 0 Å². The molecular formula is C24H34OSi. The summed E-state index contributed by atoms with van der Waals surface area (Å²) in [5.41, 5.74) is 4.17. The Bertz CT molecular complexity index is 652. The summed E-state index contributed by atoms with van der Waals surface area (Å²) < 4.78 is 7.42. The first kappa shape index (κ1) is 19.4. The van der Waals surface area contributed by atoms with Gasteiger partial charge in [0.15, 0.2) is 8.32 Å². The molecule has 3 rings (SSSR count). The first-order valence-electron chi connectivity index (χ1n) is 10.5. The maximum Gasteiger partial charge on any atom is 0.194 e. The summed E-state index contributed by atoms with van der Waals surface area (Å²) in [5, 5.41) is 0. The van der Waals surface area contributed by atoms with Crippen LogP contribution in [0.1, 0.15) is 56.7 Å². The van der Waals surface area contributed by atoms with Gasteiger partial charge in [-0.15, -0.1) is 0 Å². The summed E-state index contributed by atoms with van der Waals surface area (Å²) in [7, 11) is -1.75. The molecule has 2 aromatic carbocycles. The van der Waals surface area contributed by atoms with E-state index in [0.29, 0.717) is 0 Å². The monoisotopic (exact) mass is 366 g/mol. The maximum absolute atomic E-state index is 7.42. The van der Waals surface area contributed by atoms with Gasteiger partial charge in [0.1, 0.15) is 0 Å². The van der Waals surface area contributed by atoms with Crippen molar-refractivity contribution in [2.75, 3.05) is 0 Å². The lowest BCUT2D eigenvalue weighted by Crippen LogP contribution is -2.47. The maximum atomic E-state index is 7.42. The van der Waals surface area contributed by atoms with E-state index in [1.54, 1.807) is 0 Å². The highest BCUT2D eigenvalue weighted by molar-refractivity contribution is 6.73. The van der Waals surface area contributed by atoms with Crippen LogP contribution in [0.3, 0.4) is 0 Å². The Morgan fingerprint density at radius 1 is 0.731 bits per heavy atom. The average molecular weight is 367 g/mol. The zero-order chi connectivity index (χ0) is 18.5. The molecule has 0 aromatic heterocycles. The molecule has 140 valence electrons. The minimum atomic E-state index is -1.75. The first-order valence-corrected chi connectivity index (χ1v) is 13.0. The van der Waals surface area contributed by atoms with Crippen LogP contribution in [-0.4, -0.2) is 8.32 Å². The zero-order valence-corrected chi connectivity index (χ0v) is 17.8. The molecule has 0 amide bonds. The molecule has 0 spiro atoms. The molecule has 0 bridgehead atoms. The second-order valence-corrected chi connectivity index (χ2v) is 12.1. The van der Waals surface area contributed by atoms with Crippen molar-refractivity contribution in [3.05, 3.63) is 71.3 Å². The van der Waals surface area contributed by atoms with Crippen molar-refractivity contribution < 1.29 is 4.43 Å². The van der Waals surface area contributed by atoms with Gasteiger partial charge in [0, 0.05) is 12.8 Å². The second-order valence-electron chi connectivity index (χ2n) is 8.02. The average Bonchev–Trinajstić information content (AvgIpc) is 3.02. The first-order chi connectivity index (χ1) is 12.7. The Hall–Kier alpha value is -1.38. The topological polar surface area (TPSA) is 9.23 Å². The van der Waals surface area contributed by atoms with E-state index in [-0.39, 0.29) is 5.60 Å². The van der Waals surface area contributed by atoms with Crippen molar-refractivity contribution in [1.29, 1.82) is 0 Å². The number of hydrogen-bond acceptors (Lipinski definition) is 1. The lowest BCUT2D eigenvalue weighted by atomic mass is 9.91. The molecule has 0 fully saturated rings. The van der Waals surface area contributed by atoms with E-state index >= 15 is 0 Å². The third-order valence-electron chi connectivity index (χ3n) is 5.90. The Kier molecular flexibility index (Phi) is 6.36. The van der Waals surface area contributed by atoms with Gasteiger partial charge in [0.25, 0.3) is 0 Å². The smallest absolute Gasteiger partial charge is 0.194 e. The van der Waals surface area contributed by atoms with Crippen molar-refractivity contribution in [3.63, 3.8) is 0 Å². The van der Waals surface area contributed by atoms with E-state index in [1.807, 2.05) is 0 Å². The van der Waals surface area contributed by atoms with Gasteiger partial charge in [0.2, 0.25) is 0 Å². The number of rotatable bonds is 9. The summed E-state index contributed by atoms with van der Waals surface area (Å²) in [5.74, 6) is 0. The van der Waals surface area contributed by atoms with Crippen LogP contribution >= 0.6 is 0 Å². The third-order valence-corrected chi connectivity index (χ3v) is 11.0. The van der Waals surface area contributed by atoms with Crippen LogP contribution in [0.25, 0.3) is 0 Å². The van der Waals surface area contributed by atoms with Crippen LogP contribution in [0.4, 0.5) is 0 Å². The van der Waals surface area contributed by atoms with Gasteiger partial charge >= 0.3 is 0 Å². The van der Waals surface area contributed by atoms with Crippen LogP contribution in [0.2, 0.25) is 18.1 Å². The molecule has 0 atom stereocenters. The van der Waals surface area contributed by atoms with Crippen LogP contribution in [-0.2, 0) is 22.9 Å². The Balaban J connectivity index is 2.02. The molecule has 1 aliphatic rings. The van der Waals surface area contributed by atoms with Crippen LogP contribution in [0, 0.1) is 0 Å². The molecule has 2 aromatic rings. The van der Waals surface area contributed by atoms with Crippen molar-refractivity contribution in [2.24, 2.45) is 0 Å². The van der Waals surface area contributed by atoms with Gasteiger partial charge in [-0.05, 0) is 34.8 Å². The molecule has 0 aliphatic heterocycles. The van der Waals surface area contributed by atoms with Gasteiger partial charge in [-0.2, -0.15) is 0 Å². The highest BCUT2D eigenvalue weighted by Crippen LogP contribution is 2.45. The lowest BCUT2D eigenvalue weighted by Gasteiger charge is -2.42. The Morgan fingerprint density at radius 2 is 1.19 bits per heavy atom. The SMILES string of the molecule is CCC[Si](CCC)(CCC)OC1(c2ccccc2)Cc2ccccc2C1. The molecule has 0 saturated carbocycles. The molecule has 2 heteroatoms. The van der Waals surface area contributed by atoms with Gasteiger partial charge in [-0.3, -0.25) is 0 Å². The molecule has 0 N–H and O–H groups in total. The fraction of sp³-hybridized carbons (Fsp3) is 0.500. The van der Waals surface area contributed by atoms with E-state index in [0.717, 1.165) is 12.8 Å². The summed E-state index contributed by atoms with van der Waals surface area (Å²) in [6, 6.07) is 23.9. The van der Waals surface area contributed by atoms with Crippen molar-refractivity contribution in [2.45, 2.75) is 76.6 Å². The predicted octanol–water partition coefficient (Wildman–Crippen LogP) is 6.87. The Labute approximate surface area is 160 Å². The molecule has 0 radical (unpaired) electrons. The van der Waals surface area contributed by atoms with Crippen LogP contribution in [0.5, 0.6) is 0 Å². The van der Waals surface area contributed by atoms with E-state index in [4.69, 9.17) is 4.43 Å². The molecule has 1 nitrogen and oxygen atoms in total. The zero-order valence-electron chi connectivity index (χ0n) is 16.8. The molecule has 0 saturated heterocycles. The minimum Gasteiger partial charge on any atom is -0.407 e. The van der Waals surface area contributed by atoms with Crippen LogP contribution < -0.4 is 0 Å². The standard InChI is InChI=1S/C24H34OSi/c1-4-16-26(17-5-2,18-6-3)25-24(23-14-8-7-9-15-23)19-21-12-10-11-13-22(21)20-24/h7-15H,4-6,16-20H2,1-3H3. The molecule has 0 heterocycles. The quantitative estimate of drug-likeness (QED) is 0.440. The molecule has 1 aliphatic carbocycles. The van der Waals surface area contributed by atoms with Gasteiger partial charge in [-0.1, -0.05) is 94.6 Å². The fourth-order valence-corrected chi connectivity index (χ4v) is 9.85. The highest BCUT2D eigenvalue weighted by atomic mass is 28.4. The summed E-state index contributed by atoms with van der Waals surface area (Å²) in [6.07, 6.45) is 5.77. The minimum absolute atomic E-state index is 0.156. The third kappa shape index (κ3) is 3.97. The van der Waals surface area contributed by atoms with E-state index in [1.165, 1.54) is 54.1 Å². The largest absolute Gasteiger partial charge is 0.407 e. The summed E-state index contributed by atoms with van der Waals surface area (Å²) in [4.78, 5) is 0. The van der Waals surface area contributed by atoms with E-state index < -0.39 is 8.32 Å². The normalized spacial score (nSPS) is 15.8. The van der Waals surface area contributed by atoms with Crippen LogP contribution in [0.15, 0.2) is 54.6 Å². The summed E-state index contributed by atoms with van der Waals surface area (Å²) >= 11 is 0. The molecule has 0 unspecified atom stereocenters. The summed E-state index contributed by atoms with van der Waals surface area (Å²) in [6.45, 7) is 6.99. The second kappa shape index (κ2) is 8.54. The predicted molar refractivity (Wildman–Crippen MR) is 114 cm³/mol. The number of hydrogen-bond donors (Lipinski definition) is 0. The number of fused-ring (bicyclic) bond motifs is 1. The van der Waals surface area contributed by atoms with Crippen molar-refractivity contribution in [3.8, 4) is 0 Å². The number of benzene rings is 2. The van der Waals surface area contributed by atoms with Gasteiger partial charge < -0.3 is 4.43 Å². The van der Waals surface area contributed by atoms with E-state index in [2.05, 4.69) is 75.4 Å². The van der Waals surface area contributed by atoms with E-state index in [9.17, 15) is 0 Å².